The molecule has 13 heavy (non-hydrogen) atoms. The predicted octanol–water partition coefficient (Wildman–Crippen LogP) is 1.52. The Morgan fingerprint density at radius 1 is 1.15 bits per heavy atom. The van der Waals surface area contributed by atoms with E-state index in [1.54, 1.807) is 0 Å². The first-order chi connectivity index (χ1) is 5.27. The van der Waals surface area contributed by atoms with Crippen LogP contribution in [0, 0.1) is 11.8 Å². The smallest absolute Gasteiger partial charge is 0.00821 e. The molecule has 2 nitrogen and oxygen atoms in total. The maximum atomic E-state index is 6.02. The van der Waals surface area contributed by atoms with Crippen molar-refractivity contribution in [1.29, 1.82) is 0 Å². The summed E-state index contributed by atoms with van der Waals surface area (Å²) in [4.78, 5) is 2.42. The van der Waals surface area contributed by atoms with Gasteiger partial charge in [-0.25, -0.2) is 0 Å². The van der Waals surface area contributed by atoms with Crippen molar-refractivity contribution in [3.8, 4) is 0 Å². The molecule has 80 valence electrons. The van der Waals surface area contributed by atoms with Crippen LogP contribution in [0.15, 0.2) is 0 Å². The zero-order valence-corrected chi connectivity index (χ0v) is 9.74. The van der Waals surface area contributed by atoms with Crippen LogP contribution in [0.25, 0.3) is 0 Å². The highest BCUT2D eigenvalue weighted by Gasteiger charge is 2.36. The summed E-state index contributed by atoms with van der Waals surface area (Å²) in [6.45, 7) is 2.53. The Bertz CT molecular complexity index is 155. The zero-order valence-electron chi connectivity index (χ0n) is 8.11. The molecule has 2 fully saturated rings. The van der Waals surface area contributed by atoms with E-state index in [0.29, 0.717) is 6.04 Å². The summed E-state index contributed by atoms with van der Waals surface area (Å²) in [6.07, 6.45) is 4.04. The molecule has 0 aromatic carbocycles. The zero-order chi connectivity index (χ0) is 7.84. The minimum atomic E-state index is 0. The first kappa shape index (κ1) is 13.5. The van der Waals surface area contributed by atoms with Crippen LogP contribution >= 0.6 is 24.8 Å². The second kappa shape index (κ2) is 5.40. The van der Waals surface area contributed by atoms with Crippen molar-refractivity contribution in [2.75, 3.05) is 20.1 Å². The predicted molar refractivity (Wildman–Crippen MR) is 60.8 cm³/mol. The van der Waals surface area contributed by atoms with E-state index >= 15 is 0 Å². The van der Waals surface area contributed by atoms with Gasteiger partial charge in [0.1, 0.15) is 0 Å². The van der Waals surface area contributed by atoms with Gasteiger partial charge in [0.15, 0.2) is 0 Å². The number of rotatable bonds is 0. The highest BCUT2D eigenvalue weighted by Crippen LogP contribution is 2.36. The van der Waals surface area contributed by atoms with Crippen molar-refractivity contribution in [3.63, 3.8) is 0 Å². The van der Waals surface area contributed by atoms with Crippen LogP contribution < -0.4 is 5.73 Å². The molecule has 2 N–H and O–H groups in total. The molecule has 0 aromatic rings. The Morgan fingerprint density at radius 3 is 2.54 bits per heavy atom. The van der Waals surface area contributed by atoms with E-state index in [0.717, 1.165) is 11.8 Å². The standard InChI is InChI=1S/C9H18N2.2ClH/c1-11-5-4-7-2-3-9(10)8(7)6-11;;/h7-9H,2-6,10H2,1H3;2*1H/t7-,8+,9-;;/m1../s1. The Morgan fingerprint density at radius 2 is 1.85 bits per heavy atom. The van der Waals surface area contributed by atoms with Gasteiger partial charge in [-0.1, -0.05) is 0 Å². The summed E-state index contributed by atoms with van der Waals surface area (Å²) in [5.74, 6) is 1.77. The number of likely N-dealkylation sites (tertiary alicyclic amines) is 1. The van der Waals surface area contributed by atoms with Crippen LogP contribution in [0.4, 0.5) is 0 Å². The van der Waals surface area contributed by atoms with E-state index in [4.69, 9.17) is 5.73 Å². The van der Waals surface area contributed by atoms with Gasteiger partial charge in [0.05, 0.1) is 0 Å². The molecule has 0 spiro atoms. The van der Waals surface area contributed by atoms with Gasteiger partial charge < -0.3 is 10.6 Å². The molecule has 1 saturated heterocycles. The quantitative estimate of drug-likeness (QED) is 0.679. The molecule has 1 aliphatic heterocycles. The normalized spacial score (nSPS) is 38.8. The molecule has 0 aromatic heterocycles. The number of hydrogen-bond acceptors (Lipinski definition) is 2. The second-order valence-electron chi connectivity index (χ2n) is 4.22. The van der Waals surface area contributed by atoms with Crippen molar-refractivity contribution in [1.82, 2.24) is 4.90 Å². The van der Waals surface area contributed by atoms with Crippen LogP contribution in [0.1, 0.15) is 19.3 Å². The molecular formula is C9H20Cl2N2. The fourth-order valence-corrected chi connectivity index (χ4v) is 2.66. The largest absolute Gasteiger partial charge is 0.327 e. The number of piperidine rings is 1. The van der Waals surface area contributed by atoms with E-state index in [-0.39, 0.29) is 24.8 Å². The number of fused-ring (bicyclic) bond motifs is 1. The molecule has 2 rings (SSSR count). The van der Waals surface area contributed by atoms with E-state index in [2.05, 4.69) is 11.9 Å². The number of hydrogen-bond donors (Lipinski definition) is 1. The molecule has 1 aliphatic carbocycles. The molecule has 0 unspecified atom stereocenters. The van der Waals surface area contributed by atoms with Gasteiger partial charge in [-0.3, -0.25) is 0 Å². The van der Waals surface area contributed by atoms with Gasteiger partial charge in [-0.05, 0) is 44.7 Å². The van der Waals surface area contributed by atoms with Crippen molar-refractivity contribution < 1.29 is 0 Å². The van der Waals surface area contributed by atoms with E-state index < -0.39 is 0 Å². The second-order valence-corrected chi connectivity index (χ2v) is 4.22. The summed E-state index contributed by atoms with van der Waals surface area (Å²) in [5, 5.41) is 0. The topological polar surface area (TPSA) is 29.3 Å². The average molecular weight is 227 g/mol. The maximum absolute atomic E-state index is 6.02. The molecule has 0 amide bonds. The fourth-order valence-electron chi connectivity index (χ4n) is 2.66. The number of nitrogens with zero attached hydrogens (tertiary/aromatic N) is 1. The lowest BCUT2D eigenvalue weighted by Crippen LogP contribution is -2.42. The van der Waals surface area contributed by atoms with Crippen molar-refractivity contribution >= 4 is 24.8 Å². The summed E-state index contributed by atoms with van der Waals surface area (Å²) < 4.78 is 0. The molecule has 0 bridgehead atoms. The number of halogens is 2. The van der Waals surface area contributed by atoms with E-state index in [1.807, 2.05) is 0 Å². The van der Waals surface area contributed by atoms with E-state index in [9.17, 15) is 0 Å². The Hall–Kier alpha value is 0.500. The fraction of sp³-hybridized carbons (Fsp3) is 1.00. The molecular weight excluding hydrogens is 207 g/mol. The third kappa shape index (κ3) is 2.72. The molecule has 1 heterocycles. The summed E-state index contributed by atoms with van der Waals surface area (Å²) >= 11 is 0. The van der Waals surface area contributed by atoms with Crippen LogP contribution in [-0.2, 0) is 0 Å². The Kier molecular flexibility index (Phi) is 5.61. The molecule has 3 atom stereocenters. The van der Waals surface area contributed by atoms with Crippen molar-refractivity contribution in [2.45, 2.75) is 25.3 Å². The SMILES string of the molecule is CN1CC[C@H]2CC[C@@H](N)[C@H]2C1.Cl.Cl. The lowest BCUT2D eigenvalue weighted by atomic mass is 9.87. The summed E-state index contributed by atoms with van der Waals surface area (Å²) in [5.41, 5.74) is 6.02. The van der Waals surface area contributed by atoms with Gasteiger partial charge in [-0.2, -0.15) is 0 Å². The van der Waals surface area contributed by atoms with Gasteiger partial charge in [0.2, 0.25) is 0 Å². The van der Waals surface area contributed by atoms with Crippen LogP contribution in [-0.4, -0.2) is 31.1 Å². The van der Waals surface area contributed by atoms with Crippen LogP contribution in [0.3, 0.4) is 0 Å². The van der Waals surface area contributed by atoms with Gasteiger partial charge in [0, 0.05) is 12.6 Å². The van der Waals surface area contributed by atoms with E-state index in [1.165, 1.54) is 32.4 Å². The maximum Gasteiger partial charge on any atom is 0.00821 e. The van der Waals surface area contributed by atoms with Gasteiger partial charge in [-0.15, -0.1) is 24.8 Å². The Labute approximate surface area is 93.1 Å². The number of nitrogens with two attached hydrogens (primary N) is 1. The van der Waals surface area contributed by atoms with Crippen LogP contribution in [0.5, 0.6) is 0 Å². The Balaban J connectivity index is 0.000000720. The average Bonchev–Trinajstić information content (AvgIpc) is 2.33. The minimum Gasteiger partial charge on any atom is -0.327 e. The lowest BCUT2D eigenvalue weighted by Gasteiger charge is -2.34. The third-order valence-electron chi connectivity index (χ3n) is 3.43. The molecule has 1 saturated carbocycles. The summed E-state index contributed by atoms with van der Waals surface area (Å²) in [6, 6.07) is 0.503. The first-order valence-electron chi connectivity index (χ1n) is 4.71. The monoisotopic (exact) mass is 226 g/mol. The van der Waals surface area contributed by atoms with Gasteiger partial charge in [0.25, 0.3) is 0 Å². The van der Waals surface area contributed by atoms with Crippen molar-refractivity contribution in [3.05, 3.63) is 0 Å². The lowest BCUT2D eigenvalue weighted by molar-refractivity contribution is 0.157. The molecule has 2 aliphatic rings. The molecule has 4 heteroatoms. The highest BCUT2D eigenvalue weighted by molar-refractivity contribution is 5.85. The van der Waals surface area contributed by atoms with Gasteiger partial charge >= 0.3 is 0 Å². The first-order valence-corrected chi connectivity index (χ1v) is 4.71. The highest BCUT2D eigenvalue weighted by atomic mass is 35.5. The van der Waals surface area contributed by atoms with Crippen molar-refractivity contribution in [2.24, 2.45) is 17.6 Å². The summed E-state index contributed by atoms with van der Waals surface area (Å²) in [7, 11) is 2.21. The van der Waals surface area contributed by atoms with Crippen LogP contribution in [0.2, 0.25) is 0 Å². The third-order valence-corrected chi connectivity index (χ3v) is 3.43. The molecule has 0 radical (unpaired) electrons. The minimum absolute atomic E-state index is 0.